The van der Waals surface area contributed by atoms with Crippen molar-refractivity contribution in [2.45, 2.75) is 38.1 Å². The van der Waals surface area contributed by atoms with Gasteiger partial charge in [0.15, 0.2) is 0 Å². The van der Waals surface area contributed by atoms with Crippen molar-refractivity contribution < 1.29 is 4.79 Å². The molecule has 0 atom stereocenters. The zero-order chi connectivity index (χ0) is 24.8. The van der Waals surface area contributed by atoms with E-state index in [1.807, 2.05) is 31.2 Å². The van der Waals surface area contributed by atoms with Gasteiger partial charge in [-0.25, -0.2) is 4.98 Å². The summed E-state index contributed by atoms with van der Waals surface area (Å²) in [6.07, 6.45) is 0.196. The van der Waals surface area contributed by atoms with Crippen LogP contribution in [0.3, 0.4) is 0 Å². The summed E-state index contributed by atoms with van der Waals surface area (Å²) in [7, 11) is 0. The lowest BCUT2D eigenvalue weighted by Crippen LogP contribution is -2.13. The Bertz CT molecular complexity index is 1310. The summed E-state index contributed by atoms with van der Waals surface area (Å²) in [5.74, 6) is 0.619. The third kappa shape index (κ3) is 5.51. The van der Waals surface area contributed by atoms with Gasteiger partial charge in [0.2, 0.25) is 5.91 Å². The molecular formula is C26H24ClN5OS. The highest BCUT2D eigenvalue weighted by Crippen LogP contribution is 2.36. The van der Waals surface area contributed by atoms with Crippen LogP contribution in [0.25, 0.3) is 11.1 Å². The van der Waals surface area contributed by atoms with Gasteiger partial charge in [-0.2, -0.15) is 10.5 Å². The maximum absolute atomic E-state index is 12.4. The lowest BCUT2D eigenvalue weighted by atomic mass is 9.94. The molecule has 1 amide bonds. The second kappa shape index (κ2) is 11.1. The van der Waals surface area contributed by atoms with Crippen molar-refractivity contribution in [3.63, 3.8) is 0 Å². The van der Waals surface area contributed by atoms with Crippen molar-refractivity contribution in [1.82, 2.24) is 4.98 Å². The van der Waals surface area contributed by atoms with Gasteiger partial charge in [0.25, 0.3) is 0 Å². The molecule has 0 radical (unpaired) electrons. The van der Waals surface area contributed by atoms with Gasteiger partial charge in [-0.3, -0.25) is 4.79 Å². The Hall–Kier alpha value is -3.52. The van der Waals surface area contributed by atoms with Gasteiger partial charge in [-0.05, 0) is 41.7 Å². The number of rotatable bonds is 7. The van der Waals surface area contributed by atoms with Crippen LogP contribution in [0.15, 0.2) is 47.5 Å². The largest absolute Gasteiger partial charge is 0.383 e. The Morgan fingerprint density at radius 2 is 1.82 bits per heavy atom. The molecular weight excluding hydrogens is 466 g/mol. The normalized spacial score (nSPS) is 10.6. The van der Waals surface area contributed by atoms with Crippen LogP contribution in [-0.4, -0.2) is 16.6 Å². The first-order valence-electron chi connectivity index (χ1n) is 10.7. The second-order valence-corrected chi connectivity index (χ2v) is 9.48. The van der Waals surface area contributed by atoms with E-state index in [0.717, 1.165) is 16.7 Å². The number of amides is 1. The van der Waals surface area contributed by atoms with E-state index in [0.29, 0.717) is 33.0 Å². The van der Waals surface area contributed by atoms with E-state index >= 15 is 0 Å². The van der Waals surface area contributed by atoms with Crippen LogP contribution >= 0.6 is 23.4 Å². The molecule has 0 aliphatic carbocycles. The monoisotopic (exact) mass is 489 g/mol. The summed E-state index contributed by atoms with van der Waals surface area (Å²) in [5.41, 5.74) is 10.3. The highest BCUT2D eigenvalue weighted by Gasteiger charge is 2.21. The average molecular weight is 490 g/mol. The third-order valence-corrected chi connectivity index (χ3v) is 6.78. The summed E-state index contributed by atoms with van der Waals surface area (Å²) in [6, 6.07) is 17.4. The van der Waals surface area contributed by atoms with E-state index in [9.17, 15) is 15.3 Å². The number of pyridine rings is 1. The van der Waals surface area contributed by atoms with Crippen LogP contribution in [0.1, 0.15) is 48.4 Å². The molecule has 34 heavy (non-hydrogen) atoms. The number of nitrogens with zero attached hydrogens (tertiary/aromatic N) is 3. The first kappa shape index (κ1) is 25.1. The van der Waals surface area contributed by atoms with Gasteiger partial charge in [0.1, 0.15) is 28.5 Å². The van der Waals surface area contributed by atoms with Gasteiger partial charge < -0.3 is 11.1 Å². The first-order valence-corrected chi connectivity index (χ1v) is 12.0. The fraction of sp³-hybridized carbons (Fsp3) is 0.231. The fourth-order valence-electron chi connectivity index (χ4n) is 3.42. The average Bonchev–Trinajstić information content (AvgIpc) is 2.81. The van der Waals surface area contributed by atoms with Crippen LogP contribution in [0.2, 0.25) is 5.02 Å². The molecule has 1 aromatic heterocycles. The quantitative estimate of drug-likeness (QED) is 0.377. The summed E-state index contributed by atoms with van der Waals surface area (Å²) in [4.78, 5) is 16.7. The van der Waals surface area contributed by atoms with Crippen molar-refractivity contribution in [2.24, 2.45) is 0 Å². The number of carbonyl (C=O) groups is 1. The number of halogens is 1. The van der Waals surface area contributed by atoms with Crippen molar-refractivity contribution in [3.8, 4) is 23.3 Å². The molecule has 0 fully saturated rings. The van der Waals surface area contributed by atoms with E-state index in [2.05, 4.69) is 36.3 Å². The highest BCUT2D eigenvalue weighted by molar-refractivity contribution is 7.99. The van der Waals surface area contributed by atoms with E-state index < -0.39 is 0 Å². The van der Waals surface area contributed by atoms with E-state index in [1.54, 1.807) is 18.2 Å². The molecule has 6 nitrogen and oxygen atoms in total. The Labute approximate surface area is 208 Å². The predicted octanol–water partition coefficient (Wildman–Crippen LogP) is 6.28. The van der Waals surface area contributed by atoms with E-state index in [1.165, 1.54) is 11.8 Å². The number of hydrogen-bond acceptors (Lipinski definition) is 6. The molecule has 1 heterocycles. The van der Waals surface area contributed by atoms with Gasteiger partial charge in [-0.15, -0.1) is 11.8 Å². The van der Waals surface area contributed by atoms with Gasteiger partial charge in [0.05, 0.1) is 5.56 Å². The number of nitriles is 2. The SMILES string of the molecule is Cc1c(Cl)cccc1NC(=O)CCSc1nc(N)c(C#N)c(-c2ccc(C(C)C)cc2)c1C#N. The first-order chi connectivity index (χ1) is 16.3. The van der Waals surface area contributed by atoms with Crippen LogP contribution in [0.4, 0.5) is 11.5 Å². The minimum absolute atomic E-state index is 0.0611. The lowest BCUT2D eigenvalue weighted by molar-refractivity contribution is -0.115. The molecule has 0 unspecified atom stereocenters. The molecule has 0 spiro atoms. The van der Waals surface area contributed by atoms with Crippen LogP contribution < -0.4 is 11.1 Å². The fourth-order valence-corrected chi connectivity index (χ4v) is 4.53. The zero-order valence-electron chi connectivity index (χ0n) is 19.1. The molecule has 172 valence electrons. The summed E-state index contributed by atoms with van der Waals surface area (Å²) >= 11 is 7.37. The summed E-state index contributed by atoms with van der Waals surface area (Å²) in [6.45, 7) is 6.03. The Morgan fingerprint density at radius 3 is 2.44 bits per heavy atom. The topological polar surface area (TPSA) is 116 Å². The highest BCUT2D eigenvalue weighted by atomic mass is 35.5. The summed E-state index contributed by atoms with van der Waals surface area (Å²) in [5, 5.41) is 23.5. The van der Waals surface area contributed by atoms with Crippen LogP contribution in [0.5, 0.6) is 0 Å². The number of nitrogen functional groups attached to an aromatic ring is 1. The van der Waals surface area contributed by atoms with Crippen molar-refractivity contribution in [3.05, 3.63) is 69.7 Å². The molecule has 3 N–H and O–H groups in total. The molecule has 2 aromatic carbocycles. The molecule has 0 saturated carbocycles. The maximum Gasteiger partial charge on any atom is 0.225 e. The maximum atomic E-state index is 12.4. The Morgan fingerprint density at radius 1 is 1.15 bits per heavy atom. The molecule has 3 rings (SSSR count). The van der Waals surface area contributed by atoms with Crippen LogP contribution in [0, 0.1) is 29.6 Å². The number of carbonyl (C=O) groups excluding carboxylic acids is 1. The number of nitrogens with two attached hydrogens (primary N) is 1. The molecule has 8 heteroatoms. The smallest absolute Gasteiger partial charge is 0.225 e. The minimum atomic E-state index is -0.178. The summed E-state index contributed by atoms with van der Waals surface area (Å²) < 4.78 is 0. The number of hydrogen-bond donors (Lipinski definition) is 2. The zero-order valence-corrected chi connectivity index (χ0v) is 20.7. The number of nitrogens with one attached hydrogen (secondary N) is 1. The van der Waals surface area contributed by atoms with Crippen LogP contribution in [-0.2, 0) is 4.79 Å². The molecule has 0 saturated heterocycles. The molecule has 0 bridgehead atoms. The lowest BCUT2D eigenvalue weighted by Gasteiger charge is -2.14. The van der Waals surface area contributed by atoms with E-state index in [4.69, 9.17) is 17.3 Å². The number of benzene rings is 2. The number of thioether (sulfide) groups is 1. The second-order valence-electron chi connectivity index (χ2n) is 7.99. The van der Waals surface area contributed by atoms with Crippen molar-refractivity contribution in [2.75, 3.05) is 16.8 Å². The van der Waals surface area contributed by atoms with E-state index in [-0.39, 0.29) is 29.3 Å². The Balaban J connectivity index is 1.83. The molecule has 0 aliphatic rings. The number of aromatic nitrogens is 1. The van der Waals surface area contributed by atoms with Gasteiger partial charge >= 0.3 is 0 Å². The predicted molar refractivity (Wildman–Crippen MR) is 138 cm³/mol. The van der Waals surface area contributed by atoms with Gasteiger partial charge in [-0.1, -0.05) is 55.8 Å². The van der Waals surface area contributed by atoms with Crippen molar-refractivity contribution >= 4 is 40.8 Å². The molecule has 3 aromatic rings. The minimum Gasteiger partial charge on any atom is -0.383 e. The third-order valence-electron chi connectivity index (χ3n) is 5.39. The van der Waals surface area contributed by atoms with Crippen molar-refractivity contribution in [1.29, 1.82) is 10.5 Å². The Kier molecular flexibility index (Phi) is 8.17. The molecule has 0 aliphatic heterocycles. The standard InChI is InChI=1S/C26H24ClN5OS/c1-15(2)17-7-9-18(10-8-17)24-19(13-28)25(30)32-26(20(24)14-29)34-12-11-23(33)31-22-6-4-5-21(27)16(22)3/h4-10,15H,11-12H2,1-3H3,(H2,30,32)(H,31,33). The van der Waals surface area contributed by atoms with Gasteiger partial charge in [0, 0.05) is 28.4 Å². The number of anilines is 2.